The normalized spacial score (nSPS) is 13.1. The number of rotatable bonds is 5. The van der Waals surface area contributed by atoms with Gasteiger partial charge in [0.1, 0.15) is 0 Å². The Morgan fingerprint density at radius 2 is 1.53 bits per heavy atom. The molecule has 0 aliphatic heterocycles. The van der Waals surface area contributed by atoms with Crippen LogP contribution < -0.4 is 5.73 Å². The molecule has 0 heterocycles. The molecule has 0 aromatic heterocycles. The van der Waals surface area contributed by atoms with Gasteiger partial charge in [0, 0.05) is 0 Å². The second-order valence-corrected chi connectivity index (χ2v) is 3.97. The highest BCUT2D eigenvalue weighted by atomic mass is 16.3. The minimum atomic E-state index is -0.249. The molecule has 0 aliphatic rings. The van der Waals surface area contributed by atoms with Crippen LogP contribution in [0.2, 0.25) is 0 Å². The van der Waals surface area contributed by atoms with Crippen molar-refractivity contribution < 1.29 is 5.11 Å². The molecule has 0 aliphatic carbocycles. The molecule has 0 fully saturated rings. The Morgan fingerprint density at radius 1 is 1.07 bits per heavy atom. The van der Waals surface area contributed by atoms with E-state index < -0.39 is 0 Å². The standard InChI is InChI=1S/C13H21NO/c1-3-10(4-2)11-5-7-12(8-6-11)13(14)9-15/h5-8,10,13,15H,3-4,9,14H2,1-2H3. The lowest BCUT2D eigenvalue weighted by Gasteiger charge is -2.14. The summed E-state index contributed by atoms with van der Waals surface area (Å²) in [6.07, 6.45) is 2.34. The Bertz CT molecular complexity index is 277. The number of hydrogen-bond donors (Lipinski definition) is 2. The summed E-state index contributed by atoms with van der Waals surface area (Å²) >= 11 is 0. The summed E-state index contributed by atoms with van der Waals surface area (Å²) in [5, 5.41) is 8.93. The molecule has 2 heteroatoms. The minimum absolute atomic E-state index is 0.00430. The molecule has 0 saturated carbocycles. The van der Waals surface area contributed by atoms with Gasteiger partial charge in [-0.3, -0.25) is 0 Å². The molecule has 1 unspecified atom stereocenters. The fourth-order valence-electron chi connectivity index (χ4n) is 1.88. The Hall–Kier alpha value is -0.860. The van der Waals surface area contributed by atoms with Gasteiger partial charge in [-0.2, -0.15) is 0 Å². The van der Waals surface area contributed by atoms with Crippen LogP contribution in [0.5, 0.6) is 0 Å². The molecule has 1 aromatic carbocycles. The van der Waals surface area contributed by atoms with Crippen molar-refractivity contribution in [2.24, 2.45) is 5.73 Å². The van der Waals surface area contributed by atoms with Crippen molar-refractivity contribution in [3.8, 4) is 0 Å². The zero-order valence-corrected chi connectivity index (χ0v) is 9.61. The van der Waals surface area contributed by atoms with Crippen molar-refractivity contribution in [2.75, 3.05) is 6.61 Å². The second kappa shape index (κ2) is 5.89. The van der Waals surface area contributed by atoms with Crippen LogP contribution in [0.3, 0.4) is 0 Å². The lowest BCUT2D eigenvalue weighted by Crippen LogP contribution is -2.14. The Morgan fingerprint density at radius 3 is 1.93 bits per heavy atom. The summed E-state index contributed by atoms with van der Waals surface area (Å²) in [6, 6.07) is 8.05. The van der Waals surface area contributed by atoms with E-state index in [9.17, 15) is 0 Å². The van der Waals surface area contributed by atoms with Gasteiger partial charge >= 0.3 is 0 Å². The van der Waals surface area contributed by atoms with Crippen LogP contribution >= 0.6 is 0 Å². The van der Waals surface area contributed by atoms with E-state index in [1.54, 1.807) is 0 Å². The molecule has 1 atom stereocenters. The third-order valence-corrected chi connectivity index (χ3v) is 3.02. The van der Waals surface area contributed by atoms with Gasteiger partial charge in [-0.1, -0.05) is 38.1 Å². The minimum Gasteiger partial charge on any atom is -0.394 e. The Kier molecular flexibility index (Phi) is 4.79. The third kappa shape index (κ3) is 3.05. The van der Waals surface area contributed by atoms with E-state index in [4.69, 9.17) is 10.8 Å². The van der Waals surface area contributed by atoms with Crippen LogP contribution in [0.1, 0.15) is 49.8 Å². The predicted molar refractivity (Wildman–Crippen MR) is 63.8 cm³/mol. The second-order valence-electron chi connectivity index (χ2n) is 3.97. The van der Waals surface area contributed by atoms with E-state index in [-0.39, 0.29) is 12.6 Å². The summed E-state index contributed by atoms with van der Waals surface area (Å²) in [7, 11) is 0. The summed E-state index contributed by atoms with van der Waals surface area (Å²) in [6.45, 7) is 4.42. The molecule has 3 N–H and O–H groups in total. The lowest BCUT2D eigenvalue weighted by molar-refractivity contribution is 0.268. The van der Waals surface area contributed by atoms with Crippen molar-refractivity contribution in [2.45, 2.75) is 38.6 Å². The first-order valence-electron chi connectivity index (χ1n) is 5.69. The van der Waals surface area contributed by atoms with Crippen LogP contribution in [0.25, 0.3) is 0 Å². The molecular formula is C13H21NO. The molecule has 1 aromatic rings. The average molecular weight is 207 g/mol. The van der Waals surface area contributed by atoms with E-state index in [0.717, 1.165) is 5.56 Å². The quantitative estimate of drug-likeness (QED) is 0.779. The maximum Gasteiger partial charge on any atom is 0.0624 e. The van der Waals surface area contributed by atoms with Gasteiger partial charge in [-0.05, 0) is 29.9 Å². The SMILES string of the molecule is CCC(CC)c1ccc(C(N)CO)cc1. The number of aliphatic hydroxyl groups is 1. The van der Waals surface area contributed by atoms with Crippen molar-refractivity contribution in [3.63, 3.8) is 0 Å². The first kappa shape index (κ1) is 12.2. The van der Waals surface area contributed by atoms with Crippen LogP contribution in [-0.4, -0.2) is 11.7 Å². The smallest absolute Gasteiger partial charge is 0.0624 e. The van der Waals surface area contributed by atoms with Gasteiger partial charge in [-0.15, -0.1) is 0 Å². The fraction of sp³-hybridized carbons (Fsp3) is 0.538. The highest BCUT2D eigenvalue weighted by molar-refractivity contribution is 5.27. The van der Waals surface area contributed by atoms with E-state index in [1.807, 2.05) is 12.1 Å². The molecule has 84 valence electrons. The molecule has 0 saturated heterocycles. The average Bonchev–Trinajstić information content (AvgIpc) is 2.30. The molecule has 0 amide bonds. The molecular weight excluding hydrogens is 186 g/mol. The van der Waals surface area contributed by atoms with Gasteiger partial charge < -0.3 is 10.8 Å². The first-order valence-corrected chi connectivity index (χ1v) is 5.69. The van der Waals surface area contributed by atoms with Crippen molar-refractivity contribution >= 4 is 0 Å². The highest BCUT2D eigenvalue weighted by Crippen LogP contribution is 2.23. The summed E-state index contributed by atoms with van der Waals surface area (Å²) < 4.78 is 0. The topological polar surface area (TPSA) is 46.2 Å². The van der Waals surface area contributed by atoms with Crippen LogP contribution in [0.4, 0.5) is 0 Å². The van der Waals surface area contributed by atoms with Crippen LogP contribution in [-0.2, 0) is 0 Å². The van der Waals surface area contributed by atoms with Gasteiger partial charge in [-0.25, -0.2) is 0 Å². The van der Waals surface area contributed by atoms with E-state index in [0.29, 0.717) is 5.92 Å². The zero-order chi connectivity index (χ0) is 11.3. The monoisotopic (exact) mass is 207 g/mol. The molecule has 2 nitrogen and oxygen atoms in total. The Balaban J connectivity index is 2.79. The predicted octanol–water partition coefficient (Wildman–Crippen LogP) is 2.58. The van der Waals surface area contributed by atoms with Crippen molar-refractivity contribution in [1.82, 2.24) is 0 Å². The summed E-state index contributed by atoms with van der Waals surface area (Å²) in [5.74, 6) is 0.643. The maximum atomic E-state index is 8.93. The van der Waals surface area contributed by atoms with E-state index in [2.05, 4.69) is 26.0 Å². The van der Waals surface area contributed by atoms with Gasteiger partial charge in [0.15, 0.2) is 0 Å². The molecule has 1 rings (SSSR count). The maximum absolute atomic E-state index is 8.93. The summed E-state index contributed by atoms with van der Waals surface area (Å²) in [4.78, 5) is 0. The largest absolute Gasteiger partial charge is 0.394 e. The number of hydrogen-bond acceptors (Lipinski definition) is 2. The van der Waals surface area contributed by atoms with Gasteiger partial charge in [0.2, 0.25) is 0 Å². The number of aliphatic hydroxyl groups excluding tert-OH is 1. The molecule has 15 heavy (non-hydrogen) atoms. The number of nitrogens with two attached hydrogens (primary N) is 1. The zero-order valence-electron chi connectivity index (χ0n) is 9.61. The van der Waals surface area contributed by atoms with Crippen LogP contribution in [0, 0.1) is 0 Å². The van der Waals surface area contributed by atoms with E-state index >= 15 is 0 Å². The molecule has 0 radical (unpaired) electrons. The molecule has 0 spiro atoms. The summed E-state index contributed by atoms with van der Waals surface area (Å²) in [5.41, 5.74) is 8.11. The third-order valence-electron chi connectivity index (χ3n) is 3.02. The van der Waals surface area contributed by atoms with Crippen molar-refractivity contribution in [1.29, 1.82) is 0 Å². The van der Waals surface area contributed by atoms with Gasteiger partial charge in [0.25, 0.3) is 0 Å². The number of benzene rings is 1. The van der Waals surface area contributed by atoms with E-state index in [1.165, 1.54) is 18.4 Å². The lowest BCUT2D eigenvalue weighted by atomic mass is 9.92. The van der Waals surface area contributed by atoms with Crippen molar-refractivity contribution in [3.05, 3.63) is 35.4 Å². The Labute approximate surface area is 92.1 Å². The first-order chi connectivity index (χ1) is 7.22. The molecule has 0 bridgehead atoms. The highest BCUT2D eigenvalue weighted by Gasteiger charge is 2.08. The van der Waals surface area contributed by atoms with Crippen LogP contribution in [0.15, 0.2) is 24.3 Å². The fourth-order valence-corrected chi connectivity index (χ4v) is 1.88. The van der Waals surface area contributed by atoms with Gasteiger partial charge in [0.05, 0.1) is 12.6 Å².